The van der Waals surface area contributed by atoms with Crippen LogP contribution in [0.2, 0.25) is 5.02 Å². The Labute approximate surface area is 111 Å². The molecule has 1 atom stereocenters. The first-order valence-electron chi connectivity index (χ1n) is 5.64. The third-order valence-electron chi connectivity index (χ3n) is 2.57. The Balaban J connectivity index is 2.21. The molecule has 1 aromatic carbocycles. The second kappa shape index (κ2) is 5.38. The van der Waals surface area contributed by atoms with E-state index in [1.54, 1.807) is 31.3 Å². The molecule has 94 valence electrons. The molecule has 2 aromatic rings. The van der Waals surface area contributed by atoms with Crippen LogP contribution in [0.1, 0.15) is 24.3 Å². The molecule has 1 N–H and O–H groups in total. The zero-order valence-corrected chi connectivity index (χ0v) is 11.0. The predicted molar refractivity (Wildman–Crippen MR) is 71.1 cm³/mol. The smallest absolute Gasteiger partial charge is 0.145 e. The highest BCUT2D eigenvalue weighted by atomic mass is 35.5. The maximum absolute atomic E-state index is 9.36. The zero-order valence-electron chi connectivity index (χ0n) is 10.2. The number of aromatic nitrogens is 1. The minimum Gasteiger partial charge on any atom is -0.455 e. The number of nitrogens with zero attached hydrogens (tertiary/aromatic N) is 1. The van der Waals surface area contributed by atoms with Gasteiger partial charge in [-0.25, -0.2) is 0 Å². The maximum Gasteiger partial charge on any atom is 0.145 e. The number of halogens is 1. The van der Waals surface area contributed by atoms with Crippen LogP contribution < -0.4 is 4.74 Å². The van der Waals surface area contributed by atoms with Gasteiger partial charge in [0.25, 0.3) is 0 Å². The van der Waals surface area contributed by atoms with Gasteiger partial charge in [-0.3, -0.25) is 4.98 Å². The summed E-state index contributed by atoms with van der Waals surface area (Å²) in [6.07, 6.45) is 1.01. The average molecular weight is 264 g/mol. The number of aliphatic hydroxyl groups excluding tert-OH is 1. The molecule has 18 heavy (non-hydrogen) atoms. The van der Waals surface area contributed by atoms with Gasteiger partial charge in [-0.15, -0.1) is 0 Å². The number of ether oxygens (including phenoxy) is 1. The van der Waals surface area contributed by atoms with Gasteiger partial charge in [-0.1, -0.05) is 17.7 Å². The molecule has 0 radical (unpaired) electrons. The second-order valence-electron chi connectivity index (χ2n) is 4.11. The van der Waals surface area contributed by atoms with E-state index in [0.717, 1.165) is 5.56 Å². The van der Waals surface area contributed by atoms with E-state index in [1.807, 2.05) is 19.1 Å². The van der Waals surface area contributed by atoms with Gasteiger partial charge in [0.2, 0.25) is 0 Å². The molecular weight excluding hydrogens is 250 g/mol. The van der Waals surface area contributed by atoms with E-state index in [-0.39, 0.29) is 0 Å². The highest BCUT2D eigenvalue weighted by Gasteiger charge is 2.05. The fourth-order valence-corrected chi connectivity index (χ4v) is 1.67. The van der Waals surface area contributed by atoms with Gasteiger partial charge in [0.05, 0.1) is 18.0 Å². The fourth-order valence-electron chi connectivity index (χ4n) is 1.51. The Hall–Kier alpha value is -1.58. The molecular formula is C14H14ClNO2. The van der Waals surface area contributed by atoms with Crippen molar-refractivity contribution in [3.63, 3.8) is 0 Å². The Morgan fingerprint density at radius 1 is 1.28 bits per heavy atom. The largest absolute Gasteiger partial charge is 0.455 e. The van der Waals surface area contributed by atoms with E-state index in [1.165, 1.54) is 0 Å². The molecule has 0 aliphatic carbocycles. The van der Waals surface area contributed by atoms with E-state index in [9.17, 15) is 5.11 Å². The topological polar surface area (TPSA) is 42.4 Å². The van der Waals surface area contributed by atoms with Gasteiger partial charge in [0.15, 0.2) is 0 Å². The van der Waals surface area contributed by atoms with Gasteiger partial charge in [-0.05, 0) is 43.7 Å². The lowest BCUT2D eigenvalue weighted by molar-refractivity contribution is 0.194. The molecule has 0 aliphatic rings. The molecule has 2 rings (SSSR count). The molecule has 0 saturated heterocycles. The summed E-state index contributed by atoms with van der Waals surface area (Å²) in [5, 5.41) is 9.99. The number of hydrogen-bond donors (Lipinski definition) is 1. The van der Waals surface area contributed by atoms with Crippen LogP contribution in [-0.2, 0) is 0 Å². The van der Waals surface area contributed by atoms with Crippen molar-refractivity contribution in [2.75, 3.05) is 0 Å². The van der Waals surface area contributed by atoms with Gasteiger partial charge in [0.1, 0.15) is 11.5 Å². The predicted octanol–water partition coefficient (Wildman–Crippen LogP) is 3.89. The summed E-state index contributed by atoms with van der Waals surface area (Å²) in [6, 6.07) is 8.99. The molecule has 0 aliphatic heterocycles. The lowest BCUT2D eigenvalue weighted by Crippen LogP contribution is -1.95. The second-order valence-corrected chi connectivity index (χ2v) is 4.54. The molecule has 0 fully saturated rings. The third-order valence-corrected chi connectivity index (χ3v) is 2.80. The summed E-state index contributed by atoms with van der Waals surface area (Å²) in [4.78, 5) is 4.12. The van der Waals surface area contributed by atoms with E-state index in [4.69, 9.17) is 16.3 Å². The molecule has 4 heteroatoms. The molecule has 0 spiro atoms. The summed E-state index contributed by atoms with van der Waals surface area (Å²) >= 11 is 5.92. The Kier molecular flexibility index (Phi) is 3.84. The van der Waals surface area contributed by atoms with E-state index < -0.39 is 6.10 Å². The first-order valence-corrected chi connectivity index (χ1v) is 6.02. The van der Waals surface area contributed by atoms with Gasteiger partial charge in [-0.2, -0.15) is 0 Å². The Bertz CT molecular complexity index is 538. The van der Waals surface area contributed by atoms with Crippen molar-refractivity contribution < 1.29 is 9.84 Å². The van der Waals surface area contributed by atoms with Crippen LogP contribution in [0, 0.1) is 6.92 Å². The zero-order chi connectivity index (χ0) is 13.1. The molecule has 0 amide bonds. The van der Waals surface area contributed by atoms with Gasteiger partial charge >= 0.3 is 0 Å². The Morgan fingerprint density at radius 2 is 2.06 bits per heavy atom. The molecule has 1 heterocycles. The van der Waals surface area contributed by atoms with Crippen molar-refractivity contribution in [1.82, 2.24) is 4.98 Å². The number of pyridine rings is 1. The van der Waals surface area contributed by atoms with E-state index in [0.29, 0.717) is 22.2 Å². The number of rotatable bonds is 3. The third kappa shape index (κ3) is 3.00. The number of hydrogen-bond acceptors (Lipinski definition) is 3. The average Bonchev–Trinajstić information content (AvgIpc) is 2.34. The van der Waals surface area contributed by atoms with Crippen molar-refractivity contribution in [1.29, 1.82) is 0 Å². The molecule has 1 aromatic heterocycles. The number of aliphatic hydroxyl groups is 1. The first-order chi connectivity index (χ1) is 8.56. The maximum atomic E-state index is 9.36. The lowest BCUT2D eigenvalue weighted by atomic mass is 10.2. The fraction of sp³-hybridized carbons (Fsp3) is 0.214. The first kappa shape index (κ1) is 12.9. The lowest BCUT2D eigenvalue weighted by Gasteiger charge is -2.09. The molecule has 0 bridgehead atoms. The van der Waals surface area contributed by atoms with Gasteiger partial charge < -0.3 is 9.84 Å². The van der Waals surface area contributed by atoms with Crippen molar-refractivity contribution >= 4 is 11.6 Å². The monoisotopic (exact) mass is 263 g/mol. The minimum atomic E-state index is -0.577. The summed E-state index contributed by atoms with van der Waals surface area (Å²) in [6.45, 7) is 3.62. The SMILES string of the molecule is Cc1ccc(Cl)cc1Oc1ccc([C@@H](C)O)nc1. The van der Waals surface area contributed by atoms with Crippen LogP contribution >= 0.6 is 11.6 Å². The van der Waals surface area contributed by atoms with Crippen LogP contribution in [0.15, 0.2) is 36.5 Å². The molecule has 3 nitrogen and oxygen atoms in total. The van der Waals surface area contributed by atoms with Crippen LogP contribution in [-0.4, -0.2) is 10.1 Å². The summed E-state index contributed by atoms with van der Waals surface area (Å²) < 4.78 is 5.70. The van der Waals surface area contributed by atoms with Crippen molar-refractivity contribution in [2.24, 2.45) is 0 Å². The van der Waals surface area contributed by atoms with Crippen LogP contribution in [0.25, 0.3) is 0 Å². The summed E-state index contributed by atoms with van der Waals surface area (Å²) in [5.41, 5.74) is 1.61. The Morgan fingerprint density at radius 3 is 2.67 bits per heavy atom. The summed E-state index contributed by atoms with van der Waals surface area (Å²) in [5.74, 6) is 1.32. The van der Waals surface area contributed by atoms with Crippen LogP contribution in [0.5, 0.6) is 11.5 Å². The molecule has 0 unspecified atom stereocenters. The van der Waals surface area contributed by atoms with Crippen LogP contribution in [0.4, 0.5) is 0 Å². The van der Waals surface area contributed by atoms with Crippen molar-refractivity contribution in [3.05, 3.63) is 52.8 Å². The molecule has 0 saturated carbocycles. The number of benzene rings is 1. The minimum absolute atomic E-state index is 0.577. The van der Waals surface area contributed by atoms with Crippen molar-refractivity contribution in [3.8, 4) is 11.5 Å². The van der Waals surface area contributed by atoms with Crippen molar-refractivity contribution in [2.45, 2.75) is 20.0 Å². The highest BCUT2D eigenvalue weighted by molar-refractivity contribution is 6.30. The van der Waals surface area contributed by atoms with E-state index in [2.05, 4.69) is 4.98 Å². The number of aryl methyl sites for hydroxylation is 1. The highest BCUT2D eigenvalue weighted by Crippen LogP contribution is 2.27. The quantitative estimate of drug-likeness (QED) is 0.914. The van der Waals surface area contributed by atoms with E-state index >= 15 is 0 Å². The summed E-state index contributed by atoms with van der Waals surface area (Å²) in [7, 11) is 0. The standard InChI is InChI=1S/C14H14ClNO2/c1-9-3-4-11(15)7-14(9)18-12-5-6-13(10(2)17)16-8-12/h3-8,10,17H,1-2H3/t10-/m1/s1. The normalized spacial score (nSPS) is 12.2. The van der Waals surface area contributed by atoms with Crippen LogP contribution in [0.3, 0.4) is 0 Å². The van der Waals surface area contributed by atoms with Gasteiger partial charge in [0, 0.05) is 5.02 Å².